The Kier molecular flexibility index (Phi) is 4.97. The number of imidazole rings is 1. The van der Waals surface area contributed by atoms with Gasteiger partial charge in [-0.15, -0.1) is 5.10 Å². The van der Waals surface area contributed by atoms with E-state index in [1.54, 1.807) is 7.11 Å². The van der Waals surface area contributed by atoms with Gasteiger partial charge in [0.15, 0.2) is 5.16 Å². The topological polar surface area (TPSA) is 84.3 Å². The van der Waals surface area contributed by atoms with Gasteiger partial charge in [-0.2, -0.15) is 0 Å². The third-order valence-corrected chi connectivity index (χ3v) is 5.18. The van der Waals surface area contributed by atoms with Crippen LogP contribution in [0.2, 0.25) is 0 Å². The van der Waals surface area contributed by atoms with E-state index in [0.29, 0.717) is 18.1 Å². The first-order valence-corrected chi connectivity index (χ1v) is 9.58. The monoisotopic (exact) mass is 381 g/mol. The summed E-state index contributed by atoms with van der Waals surface area (Å²) in [6.45, 7) is 0.559. The van der Waals surface area contributed by atoms with Crippen molar-refractivity contribution < 1.29 is 9.53 Å². The summed E-state index contributed by atoms with van der Waals surface area (Å²) in [7, 11) is 1.65. The average Bonchev–Trinajstić information content (AvgIpc) is 3.26. The first-order chi connectivity index (χ1) is 13.3. The van der Waals surface area contributed by atoms with E-state index in [1.165, 1.54) is 11.8 Å². The second-order valence-electron chi connectivity index (χ2n) is 5.97. The predicted molar refractivity (Wildman–Crippen MR) is 105 cm³/mol. The van der Waals surface area contributed by atoms with Gasteiger partial charge in [-0.3, -0.25) is 9.20 Å². The molecule has 8 heteroatoms. The standard InChI is InChI=1S/C19H19N5O2S/c1-26-16-9-5-2-6-13(16)10-11-20-17(25)12-27-19-23-22-18-21-14-7-3-4-8-15(14)24(18)19/h2-9H,10-12H2,1H3,(H,20,25)(H,21,22). The molecule has 0 aliphatic carbocycles. The van der Waals surface area contributed by atoms with E-state index in [2.05, 4.69) is 20.5 Å². The van der Waals surface area contributed by atoms with Crippen molar-refractivity contribution in [2.24, 2.45) is 0 Å². The number of methoxy groups -OCH3 is 1. The molecule has 0 atom stereocenters. The number of carbonyl (C=O) groups excluding carboxylic acids is 1. The Morgan fingerprint density at radius 3 is 2.93 bits per heavy atom. The molecular formula is C19H19N5O2S. The van der Waals surface area contributed by atoms with Crippen molar-refractivity contribution in [2.75, 3.05) is 19.4 Å². The highest BCUT2D eigenvalue weighted by Gasteiger charge is 2.13. The zero-order valence-electron chi connectivity index (χ0n) is 14.8. The molecule has 0 saturated carbocycles. The lowest BCUT2D eigenvalue weighted by Crippen LogP contribution is -2.27. The summed E-state index contributed by atoms with van der Waals surface area (Å²) in [5, 5.41) is 10.9. The molecule has 0 bridgehead atoms. The Labute approximate surface area is 160 Å². The van der Waals surface area contributed by atoms with Crippen LogP contribution in [-0.4, -0.2) is 44.9 Å². The fourth-order valence-electron chi connectivity index (χ4n) is 2.97. The van der Waals surface area contributed by atoms with Gasteiger partial charge in [-0.25, -0.2) is 10.1 Å². The summed E-state index contributed by atoms with van der Waals surface area (Å²) in [5.74, 6) is 1.77. The van der Waals surface area contributed by atoms with Gasteiger partial charge in [0.1, 0.15) is 5.75 Å². The van der Waals surface area contributed by atoms with Gasteiger partial charge in [0, 0.05) is 6.54 Å². The molecule has 2 heterocycles. The third-order valence-electron chi connectivity index (χ3n) is 4.25. The zero-order chi connectivity index (χ0) is 18.6. The van der Waals surface area contributed by atoms with Crippen molar-refractivity contribution in [1.82, 2.24) is 24.9 Å². The van der Waals surface area contributed by atoms with Crippen LogP contribution >= 0.6 is 11.8 Å². The van der Waals surface area contributed by atoms with Crippen molar-refractivity contribution in [2.45, 2.75) is 11.6 Å². The van der Waals surface area contributed by atoms with Gasteiger partial charge in [-0.05, 0) is 30.2 Å². The van der Waals surface area contributed by atoms with Gasteiger partial charge in [0.25, 0.3) is 0 Å². The largest absolute Gasteiger partial charge is 0.496 e. The van der Waals surface area contributed by atoms with Crippen molar-refractivity contribution in [3.8, 4) is 5.75 Å². The number of ether oxygens (including phenoxy) is 1. The molecule has 0 saturated heterocycles. The molecule has 7 nitrogen and oxygen atoms in total. The Hall–Kier alpha value is -3.00. The lowest BCUT2D eigenvalue weighted by Gasteiger charge is -2.08. The highest BCUT2D eigenvalue weighted by Crippen LogP contribution is 2.22. The fourth-order valence-corrected chi connectivity index (χ4v) is 3.75. The van der Waals surface area contributed by atoms with Crippen LogP contribution in [0.3, 0.4) is 0 Å². The lowest BCUT2D eigenvalue weighted by atomic mass is 10.1. The van der Waals surface area contributed by atoms with Crippen LogP contribution in [0.1, 0.15) is 5.56 Å². The maximum Gasteiger partial charge on any atom is 0.231 e. The van der Waals surface area contributed by atoms with E-state index in [1.807, 2.05) is 52.9 Å². The highest BCUT2D eigenvalue weighted by atomic mass is 32.2. The molecule has 2 aromatic carbocycles. The molecule has 0 aliphatic heterocycles. The SMILES string of the molecule is COc1ccccc1CCNC(=O)CSc1n[nH]c2nc3ccccc3n12. The molecule has 4 rings (SSSR count). The number of fused-ring (bicyclic) bond motifs is 3. The van der Waals surface area contributed by atoms with E-state index in [9.17, 15) is 4.79 Å². The molecule has 0 radical (unpaired) electrons. The number of aromatic nitrogens is 4. The third kappa shape index (κ3) is 3.61. The molecule has 1 amide bonds. The minimum atomic E-state index is -0.0320. The summed E-state index contributed by atoms with van der Waals surface area (Å²) >= 11 is 1.38. The molecule has 27 heavy (non-hydrogen) atoms. The first kappa shape index (κ1) is 17.4. The van der Waals surface area contributed by atoms with Gasteiger partial charge >= 0.3 is 0 Å². The minimum Gasteiger partial charge on any atom is -0.496 e. The summed E-state index contributed by atoms with van der Waals surface area (Å²) in [5.41, 5.74) is 2.95. The van der Waals surface area contributed by atoms with Gasteiger partial charge in [0.05, 0.1) is 23.9 Å². The summed E-state index contributed by atoms with van der Waals surface area (Å²) < 4.78 is 7.26. The average molecular weight is 381 g/mol. The number of hydrogen-bond acceptors (Lipinski definition) is 5. The molecule has 0 aliphatic rings. The number of nitrogens with zero attached hydrogens (tertiary/aromatic N) is 3. The predicted octanol–water partition coefficient (Wildman–Crippen LogP) is 2.67. The second kappa shape index (κ2) is 7.71. The maximum absolute atomic E-state index is 12.2. The Balaban J connectivity index is 1.35. The number of thioether (sulfide) groups is 1. The van der Waals surface area contributed by atoms with E-state index < -0.39 is 0 Å². The number of nitrogens with one attached hydrogen (secondary N) is 2. The van der Waals surface area contributed by atoms with Crippen LogP contribution in [-0.2, 0) is 11.2 Å². The van der Waals surface area contributed by atoms with Crippen LogP contribution in [0.25, 0.3) is 16.8 Å². The van der Waals surface area contributed by atoms with Gasteiger partial charge < -0.3 is 10.1 Å². The Bertz CT molecular complexity index is 1090. The van der Waals surface area contributed by atoms with Crippen LogP contribution in [0.4, 0.5) is 0 Å². The van der Waals surface area contributed by atoms with Crippen molar-refractivity contribution in [3.63, 3.8) is 0 Å². The number of hydrogen-bond donors (Lipinski definition) is 2. The molecule has 138 valence electrons. The molecule has 2 N–H and O–H groups in total. The second-order valence-corrected chi connectivity index (χ2v) is 6.91. The Morgan fingerprint density at radius 2 is 2.04 bits per heavy atom. The number of carbonyl (C=O) groups is 1. The van der Waals surface area contributed by atoms with E-state index in [4.69, 9.17) is 4.74 Å². The maximum atomic E-state index is 12.2. The number of rotatable bonds is 7. The van der Waals surface area contributed by atoms with Crippen LogP contribution < -0.4 is 10.1 Å². The molecule has 0 fully saturated rings. The molecule has 2 aromatic heterocycles. The minimum absolute atomic E-state index is 0.0320. The van der Waals surface area contributed by atoms with E-state index >= 15 is 0 Å². The highest BCUT2D eigenvalue weighted by molar-refractivity contribution is 7.99. The van der Waals surface area contributed by atoms with Gasteiger partial charge in [-0.1, -0.05) is 42.1 Å². The number of H-pyrrole nitrogens is 1. The molecule has 4 aromatic rings. The quantitative estimate of drug-likeness (QED) is 0.481. The molecular weight excluding hydrogens is 362 g/mol. The normalized spacial score (nSPS) is 11.1. The van der Waals surface area contributed by atoms with Crippen molar-refractivity contribution in [3.05, 3.63) is 54.1 Å². The smallest absolute Gasteiger partial charge is 0.231 e. The van der Waals surface area contributed by atoms with Gasteiger partial charge in [0.2, 0.25) is 11.7 Å². The lowest BCUT2D eigenvalue weighted by molar-refractivity contribution is -0.118. The molecule has 0 unspecified atom stereocenters. The summed E-state index contributed by atoms with van der Waals surface area (Å²) in [6, 6.07) is 15.7. The Morgan fingerprint density at radius 1 is 1.22 bits per heavy atom. The van der Waals surface area contributed by atoms with E-state index in [-0.39, 0.29) is 5.91 Å². The number of amides is 1. The summed E-state index contributed by atoms with van der Waals surface area (Å²) in [6.07, 6.45) is 0.721. The van der Waals surface area contributed by atoms with Crippen molar-refractivity contribution in [1.29, 1.82) is 0 Å². The van der Waals surface area contributed by atoms with Crippen LogP contribution in [0.15, 0.2) is 53.7 Å². The number of aromatic amines is 1. The fraction of sp³-hybridized carbons (Fsp3) is 0.211. The van der Waals surface area contributed by atoms with Crippen LogP contribution in [0.5, 0.6) is 5.75 Å². The van der Waals surface area contributed by atoms with Crippen molar-refractivity contribution >= 4 is 34.5 Å². The number of benzene rings is 2. The zero-order valence-corrected chi connectivity index (χ0v) is 15.6. The summed E-state index contributed by atoms with van der Waals surface area (Å²) in [4.78, 5) is 16.7. The number of para-hydroxylation sites is 3. The first-order valence-electron chi connectivity index (χ1n) is 8.59. The molecule has 0 spiro atoms. The van der Waals surface area contributed by atoms with Crippen LogP contribution in [0, 0.1) is 0 Å². The van der Waals surface area contributed by atoms with E-state index in [0.717, 1.165) is 33.9 Å².